The number of hydrogen-bond acceptors (Lipinski definition) is 5. The first kappa shape index (κ1) is 13.5. The van der Waals surface area contributed by atoms with Crippen LogP contribution in [0, 0.1) is 0 Å². The molecule has 0 radical (unpaired) electrons. The van der Waals surface area contributed by atoms with Crippen LogP contribution in [0.3, 0.4) is 0 Å². The van der Waals surface area contributed by atoms with Crippen molar-refractivity contribution in [1.29, 1.82) is 0 Å². The molecule has 20 heavy (non-hydrogen) atoms. The van der Waals surface area contributed by atoms with Crippen LogP contribution in [-0.4, -0.2) is 24.2 Å². The smallest absolute Gasteiger partial charge is 0.437 e. The third kappa shape index (κ3) is 3.55. The van der Waals surface area contributed by atoms with Gasteiger partial charge in [0.1, 0.15) is 5.69 Å². The summed E-state index contributed by atoms with van der Waals surface area (Å²) in [5, 5.41) is 2.70. The molecule has 1 N–H and O–H groups in total. The molecule has 0 fully saturated rings. The first-order valence-electron chi connectivity index (χ1n) is 5.77. The van der Waals surface area contributed by atoms with E-state index in [1.807, 2.05) is 18.2 Å². The molecule has 0 aliphatic rings. The number of methoxy groups -OCH3 is 1. The topological polar surface area (TPSA) is 77.5 Å². The van der Waals surface area contributed by atoms with E-state index in [0.29, 0.717) is 5.69 Å². The maximum Gasteiger partial charge on any atom is 0.513 e. The van der Waals surface area contributed by atoms with Crippen LogP contribution in [0.25, 0.3) is 0 Å². The molecule has 0 saturated carbocycles. The molecule has 0 aliphatic heterocycles. The highest BCUT2D eigenvalue weighted by molar-refractivity contribution is 6.02. The Balaban J connectivity index is 2.02. The fourth-order valence-electron chi connectivity index (χ4n) is 1.43. The van der Waals surface area contributed by atoms with E-state index in [-0.39, 0.29) is 17.4 Å². The van der Waals surface area contributed by atoms with Crippen molar-refractivity contribution in [2.75, 3.05) is 12.4 Å². The van der Waals surface area contributed by atoms with Gasteiger partial charge >= 0.3 is 6.16 Å². The van der Waals surface area contributed by atoms with Crippen molar-refractivity contribution < 1.29 is 19.1 Å². The average molecular weight is 272 g/mol. The Hall–Kier alpha value is -2.89. The van der Waals surface area contributed by atoms with Crippen molar-refractivity contribution in [3.63, 3.8) is 0 Å². The second-order valence-electron chi connectivity index (χ2n) is 3.76. The molecule has 102 valence electrons. The number of anilines is 1. The largest absolute Gasteiger partial charge is 0.513 e. The fraction of sp³-hybridized carbons (Fsp3) is 0.0714. The summed E-state index contributed by atoms with van der Waals surface area (Å²) in [4.78, 5) is 26.7. The van der Waals surface area contributed by atoms with E-state index in [0.717, 1.165) is 0 Å². The average Bonchev–Trinajstić information content (AvgIpc) is 2.49. The minimum atomic E-state index is -0.840. The monoisotopic (exact) mass is 272 g/mol. The van der Waals surface area contributed by atoms with Crippen LogP contribution in [-0.2, 0) is 4.74 Å². The lowest BCUT2D eigenvalue weighted by Crippen LogP contribution is -2.14. The molecule has 0 spiro atoms. The van der Waals surface area contributed by atoms with Crippen LogP contribution < -0.4 is 10.1 Å². The summed E-state index contributed by atoms with van der Waals surface area (Å²) in [5.74, 6) is -0.145. The van der Waals surface area contributed by atoms with Gasteiger partial charge in [-0.05, 0) is 24.3 Å². The summed E-state index contributed by atoms with van der Waals surface area (Å²) in [7, 11) is 1.21. The Morgan fingerprint density at radius 3 is 2.45 bits per heavy atom. The highest BCUT2D eigenvalue weighted by Gasteiger charge is 2.09. The number of pyridine rings is 1. The van der Waals surface area contributed by atoms with Crippen molar-refractivity contribution in [2.24, 2.45) is 0 Å². The van der Waals surface area contributed by atoms with Gasteiger partial charge in [0.05, 0.1) is 13.3 Å². The van der Waals surface area contributed by atoms with Crippen molar-refractivity contribution in [1.82, 2.24) is 4.98 Å². The molecule has 2 aromatic rings. The minimum Gasteiger partial charge on any atom is -0.437 e. The van der Waals surface area contributed by atoms with Crippen LogP contribution in [0.15, 0.2) is 48.7 Å². The molecule has 0 saturated heterocycles. The zero-order valence-electron chi connectivity index (χ0n) is 10.7. The lowest BCUT2D eigenvalue weighted by molar-refractivity contribution is 0.102. The van der Waals surface area contributed by atoms with Gasteiger partial charge in [-0.15, -0.1) is 0 Å². The molecule has 0 aliphatic carbocycles. The number of nitrogens with one attached hydrogen (secondary N) is 1. The predicted octanol–water partition coefficient (Wildman–Crippen LogP) is 2.48. The van der Waals surface area contributed by atoms with Gasteiger partial charge < -0.3 is 14.8 Å². The maximum atomic E-state index is 11.9. The molecule has 0 atom stereocenters. The number of aromatic nitrogens is 1. The first-order chi connectivity index (χ1) is 9.69. The lowest BCUT2D eigenvalue weighted by atomic mass is 10.3. The highest BCUT2D eigenvalue weighted by Crippen LogP contribution is 2.12. The maximum absolute atomic E-state index is 11.9. The number of ether oxygens (including phenoxy) is 2. The normalized spacial score (nSPS) is 9.65. The summed E-state index contributed by atoms with van der Waals surface area (Å²) in [5.41, 5.74) is 0.889. The second kappa shape index (κ2) is 6.33. The lowest BCUT2D eigenvalue weighted by Gasteiger charge is -2.05. The number of para-hydroxylation sites is 1. The van der Waals surface area contributed by atoms with Gasteiger partial charge in [-0.3, -0.25) is 4.79 Å². The van der Waals surface area contributed by atoms with Crippen LogP contribution >= 0.6 is 0 Å². The zero-order chi connectivity index (χ0) is 14.4. The molecule has 2 rings (SSSR count). The first-order valence-corrected chi connectivity index (χ1v) is 5.77. The predicted molar refractivity (Wildman–Crippen MR) is 71.7 cm³/mol. The summed E-state index contributed by atoms with van der Waals surface area (Å²) < 4.78 is 9.10. The Labute approximate surface area is 115 Å². The van der Waals surface area contributed by atoms with Crippen molar-refractivity contribution in [3.8, 4) is 5.75 Å². The van der Waals surface area contributed by atoms with Crippen LogP contribution in [0.1, 0.15) is 10.5 Å². The quantitative estimate of drug-likeness (QED) is 0.868. The summed E-state index contributed by atoms with van der Waals surface area (Å²) in [6.07, 6.45) is 0.435. The van der Waals surface area contributed by atoms with E-state index < -0.39 is 6.16 Å². The number of rotatable bonds is 3. The molecular weight excluding hydrogens is 260 g/mol. The van der Waals surface area contributed by atoms with E-state index in [4.69, 9.17) is 4.74 Å². The van der Waals surface area contributed by atoms with E-state index in [1.165, 1.54) is 25.4 Å². The van der Waals surface area contributed by atoms with Gasteiger partial charge in [-0.1, -0.05) is 18.2 Å². The Kier molecular flexibility index (Phi) is 4.28. The van der Waals surface area contributed by atoms with Crippen LogP contribution in [0.4, 0.5) is 10.5 Å². The van der Waals surface area contributed by atoms with Gasteiger partial charge in [0.15, 0.2) is 5.75 Å². The standard InChI is InChI=1S/C14H12N2O4/c1-19-14(18)20-11-7-8-12(15-9-11)13(17)16-10-5-3-2-4-6-10/h2-9H,1H3,(H,16,17). The zero-order valence-corrected chi connectivity index (χ0v) is 10.7. The molecule has 6 heteroatoms. The summed E-state index contributed by atoms with van der Waals surface area (Å²) in [6, 6.07) is 11.9. The number of hydrogen-bond donors (Lipinski definition) is 1. The van der Waals surface area contributed by atoms with Gasteiger partial charge in [-0.25, -0.2) is 9.78 Å². The highest BCUT2D eigenvalue weighted by atomic mass is 16.7. The van der Waals surface area contributed by atoms with Gasteiger partial charge in [0.2, 0.25) is 0 Å². The molecular formula is C14H12N2O4. The van der Waals surface area contributed by atoms with Crippen molar-refractivity contribution in [3.05, 3.63) is 54.4 Å². The number of amides is 1. The molecule has 6 nitrogen and oxygen atoms in total. The molecule has 1 aromatic heterocycles. The second-order valence-corrected chi connectivity index (χ2v) is 3.76. The SMILES string of the molecule is COC(=O)Oc1ccc(C(=O)Nc2ccccc2)nc1. The Morgan fingerprint density at radius 2 is 1.85 bits per heavy atom. The van der Waals surface area contributed by atoms with E-state index in [1.54, 1.807) is 12.1 Å². The number of carbonyl (C=O) groups is 2. The molecule has 1 aromatic carbocycles. The third-order valence-corrected chi connectivity index (χ3v) is 2.37. The third-order valence-electron chi connectivity index (χ3n) is 2.37. The minimum absolute atomic E-state index is 0.202. The Bertz CT molecular complexity index is 596. The van der Waals surface area contributed by atoms with Crippen molar-refractivity contribution >= 4 is 17.7 Å². The van der Waals surface area contributed by atoms with Crippen LogP contribution in [0.5, 0.6) is 5.75 Å². The number of nitrogens with zero attached hydrogens (tertiary/aromatic N) is 1. The summed E-state index contributed by atoms with van der Waals surface area (Å²) >= 11 is 0. The Morgan fingerprint density at radius 1 is 1.10 bits per heavy atom. The van der Waals surface area contributed by atoms with E-state index >= 15 is 0 Å². The molecule has 0 bridgehead atoms. The molecule has 0 unspecified atom stereocenters. The van der Waals surface area contributed by atoms with Crippen LogP contribution in [0.2, 0.25) is 0 Å². The van der Waals surface area contributed by atoms with E-state index in [2.05, 4.69) is 15.0 Å². The van der Waals surface area contributed by atoms with Gasteiger partial charge in [0, 0.05) is 5.69 Å². The summed E-state index contributed by atoms with van der Waals surface area (Å²) in [6.45, 7) is 0. The fourth-order valence-corrected chi connectivity index (χ4v) is 1.43. The number of carbonyl (C=O) groups excluding carboxylic acids is 2. The van der Waals surface area contributed by atoms with Gasteiger partial charge in [0.25, 0.3) is 5.91 Å². The van der Waals surface area contributed by atoms with E-state index in [9.17, 15) is 9.59 Å². The molecule has 1 heterocycles. The van der Waals surface area contributed by atoms with Gasteiger partial charge in [-0.2, -0.15) is 0 Å². The molecule has 1 amide bonds. The van der Waals surface area contributed by atoms with Crippen molar-refractivity contribution in [2.45, 2.75) is 0 Å². The number of benzene rings is 1.